The van der Waals surface area contributed by atoms with Gasteiger partial charge >= 0.3 is 6.09 Å². The van der Waals surface area contributed by atoms with Crippen LogP contribution in [0.25, 0.3) is 11.3 Å². The third-order valence-electron chi connectivity index (χ3n) is 4.10. The zero-order valence-electron chi connectivity index (χ0n) is 18.1. The van der Waals surface area contributed by atoms with Crippen LogP contribution in [0.15, 0.2) is 62.9 Å². The van der Waals surface area contributed by atoms with E-state index in [1.165, 1.54) is 6.21 Å². The minimum atomic E-state index is -0.643. The quantitative estimate of drug-likeness (QED) is 0.332. The van der Waals surface area contributed by atoms with Crippen molar-refractivity contribution in [1.29, 1.82) is 5.26 Å². The number of rotatable bonds is 5. The Balaban J connectivity index is 1.85. The van der Waals surface area contributed by atoms with E-state index in [0.717, 1.165) is 4.47 Å². The lowest BCUT2D eigenvalue weighted by Crippen LogP contribution is -2.27. The second-order valence-electron chi connectivity index (χ2n) is 7.84. The molecule has 168 valence electrons. The number of H-pyrrole nitrogens is 1. The van der Waals surface area contributed by atoms with Gasteiger partial charge in [-0.15, -0.1) is 0 Å². The number of hydrogen-bond acceptors (Lipinski definition) is 7. The molecule has 0 atom stereocenters. The second-order valence-corrected chi connectivity index (χ2v) is 8.76. The van der Waals surface area contributed by atoms with Gasteiger partial charge in [0, 0.05) is 15.6 Å². The molecule has 0 radical (unpaired) electrons. The molecule has 0 aliphatic carbocycles. The summed E-state index contributed by atoms with van der Waals surface area (Å²) in [4.78, 5) is 31.3. The number of nitrogens with zero attached hydrogens (tertiary/aromatic N) is 3. The maximum Gasteiger partial charge on any atom is 0.412 e. The molecular weight excluding hydrogens is 488 g/mol. The van der Waals surface area contributed by atoms with Gasteiger partial charge in [0.15, 0.2) is 0 Å². The van der Waals surface area contributed by atoms with Crippen molar-refractivity contribution >= 4 is 39.9 Å². The highest BCUT2D eigenvalue weighted by Gasteiger charge is 2.17. The molecule has 0 fully saturated rings. The molecule has 0 aliphatic heterocycles. The maximum absolute atomic E-state index is 12.3. The van der Waals surface area contributed by atoms with Crippen LogP contribution >= 0.6 is 15.9 Å². The third kappa shape index (κ3) is 6.51. The van der Waals surface area contributed by atoms with Gasteiger partial charge in [0.05, 0.1) is 17.6 Å². The predicted molar refractivity (Wildman–Crippen MR) is 130 cm³/mol. The first-order valence-electron chi connectivity index (χ1n) is 9.85. The molecule has 3 rings (SSSR count). The SMILES string of the molecule is CC(C)(C)OC(=O)Nc1cc(Br)ccc1C=NNc1nc(-c2ccccc2)c(C#N)c(=O)[nH]1. The molecule has 1 amide bonds. The lowest BCUT2D eigenvalue weighted by molar-refractivity contribution is 0.0636. The number of halogens is 1. The number of carbonyl (C=O) groups is 1. The van der Waals surface area contributed by atoms with E-state index in [4.69, 9.17) is 4.74 Å². The summed E-state index contributed by atoms with van der Waals surface area (Å²) in [6.07, 6.45) is 0.855. The Kier molecular flexibility index (Phi) is 7.25. The molecule has 1 aromatic heterocycles. The van der Waals surface area contributed by atoms with E-state index < -0.39 is 17.3 Å². The van der Waals surface area contributed by atoms with Crippen LogP contribution < -0.4 is 16.3 Å². The zero-order valence-corrected chi connectivity index (χ0v) is 19.7. The van der Waals surface area contributed by atoms with Crippen molar-refractivity contribution in [2.75, 3.05) is 10.7 Å². The van der Waals surface area contributed by atoms with Crippen LogP contribution in [0.2, 0.25) is 0 Å². The van der Waals surface area contributed by atoms with Gasteiger partial charge < -0.3 is 4.74 Å². The fraction of sp³-hybridized carbons (Fsp3) is 0.174. The summed E-state index contributed by atoms with van der Waals surface area (Å²) in [5.74, 6) is 0.0628. The fourth-order valence-electron chi connectivity index (χ4n) is 2.76. The normalized spacial score (nSPS) is 11.1. The smallest absolute Gasteiger partial charge is 0.412 e. The van der Waals surface area contributed by atoms with Crippen molar-refractivity contribution in [3.63, 3.8) is 0 Å². The number of aromatic amines is 1. The van der Waals surface area contributed by atoms with Gasteiger partial charge in [-0.1, -0.05) is 52.3 Å². The van der Waals surface area contributed by atoms with Crippen molar-refractivity contribution in [3.8, 4) is 17.3 Å². The highest BCUT2D eigenvalue weighted by atomic mass is 79.9. The van der Waals surface area contributed by atoms with E-state index in [9.17, 15) is 14.9 Å². The zero-order chi connectivity index (χ0) is 24.0. The molecule has 10 heteroatoms. The van der Waals surface area contributed by atoms with Gasteiger partial charge in [0.2, 0.25) is 5.95 Å². The molecule has 0 aliphatic rings. The summed E-state index contributed by atoms with van der Waals surface area (Å²) in [6, 6.07) is 16.0. The van der Waals surface area contributed by atoms with E-state index in [-0.39, 0.29) is 17.2 Å². The van der Waals surface area contributed by atoms with E-state index in [0.29, 0.717) is 16.8 Å². The number of hydrazone groups is 1. The molecule has 0 saturated heterocycles. The highest BCUT2D eigenvalue weighted by molar-refractivity contribution is 9.10. The van der Waals surface area contributed by atoms with Crippen LogP contribution in [0.4, 0.5) is 16.4 Å². The van der Waals surface area contributed by atoms with Gasteiger partial charge in [0.1, 0.15) is 17.2 Å². The number of ether oxygens (including phenoxy) is 1. The molecule has 9 nitrogen and oxygen atoms in total. The fourth-order valence-corrected chi connectivity index (χ4v) is 3.12. The number of aromatic nitrogens is 2. The Morgan fingerprint density at radius 3 is 2.64 bits per heavy atom. The van der Waals surface area contributed by atoms with E-state index in [1.54, 1.807) is 63.2 Å². The second kappa shape index (κ2) is 10.1. The summed E-state index contributed by atoms with van der Waals surface area (Å²) in [5, 5.41) is 16.2. The third-order valence-corrected chi connectivity index (χ3v) is 4.60. The molecule has 3 aromatic rings. The minimum Gasteiger partial charge on any atom is -0.444 e. The summed E-state index contributed by atoms with van der Waals surface area (Å²) >= 11 is 3.38. The van der Waals surface area contributed by atoms with Gasteiger partial charge in [-0.3, -0.25) is 15.1 Å². The Morgan fingerprint density at radius 1 is 1.24 bits per heavy atom. The number of carbonyl (C=O) groups excluding carboxylic acids is 1. The van der Waals surface area contributed by atoms with Gasteiger partial charge in [-0.05, 0) is 32.9 Å². The van der Waals surface area contributed by atoms with Crippen molar-refractivity contribution in [3.05, 3.63) is 74.5 Å². The van der Waals surface area contributed by atoms with Crippen LogP contribution in [0.5, 0.6) is 0 Å². The standard InChI is InChI=1S/C23H21BrN6O3/c1-23(2,3)33-22(32)27-18-11-16(24)10-9-15(18)13-26-30-21-28-19(14-7-5-4-6-8-14)17(12-25)20(31)29-21/h4-11,13H,1-3H3,(H,27,32)(H2,28,29,30,31). The van der Waals surface area contributed by atoms with E-state index in [1.807, 2.05) is 12.1 Å². The number of anilines is 2. The molecule has 1 heterocycles. The topological polar surface area (TPSA) is 132 Å². The summed E-state index contributed by atoms with van der Waals surface area (Å²) in [7, 11) is 0. The van der Waals surface area contributed by atoms with Crippen LogP contribution in [0, 0.1) is 11.3 Å². The summed E-state index contributed by atoms with van der Waals surface area (Å²) in [6.45, 7) is 5.32. The Labute approximate surface area is 198 Å². The van der Waals surface area contributed by atoms with Gasteiger partial charge in [0.25, 0.3) is 5.56 Å². The lowest BCUT2D eigenvalue weighted by Gasteiger charge is -2.20. The molecule has 3 N–H and O–H groups in total. The van der Waals surface area contributed by atoms with Gasteiger partial charge in [-0.2, -0.15) is 10.4 Å². The monoisotopic (exact) mass is 508 g/mol. The number of nitriles is 1. The first-order chi connectivity index (χ1) is 15.7. The molecule has 0 saturated carbocycles. The number of nitrogens with one attached hydrogen (secondary N) is 3. The molecule has 0 spiro atoms. The van der Waals surface area contributed by atoms with Crippen molar-refractivity contribution < 1.29 is 9.53 Å². The average molecular weight is 509 g/mol. The molecule has 2 aromatic carbocycles. The molecule has 0 unspecified atom stereocenters. The van der Waals surface area contributed by atoms with E-state index in [2.05, 4.69) is 41.7 Å². The maximum atomic E-state index is 12.3. The average Bonchev–Trinajstić information content (AvgIpc) is 2.74. The summed E-state index contributed by atoms with van der Waals surface area (Å²) < 4.78 is 6.05. The largest absolute Gasteiger partial charge is 0.444 e. The first kappa shape index (κ1) is 23.7. The highest BCUT2D eigenvalue weighted by Crippen LogP contribution is 2.22. The van der Waals surface area contributed by atoms with Crippen molar-refractivity contribution in [2.24, 2.45) is 5.10 Å². The van der Waals surface area contributed by atoms with Crippen molar-refractivity contribution in [2.45, 2.75) is 26.4 Å². The molecule has 0 bridgehead atoms. The van der Waals surface area contributed by atoms with Crippen LogP contribution in [-0.4, -0.2) is 27.9 Å². The number of amides is 1. The Morgan fingerprint density at radius 2 is 1.97 bits per heavy atom. The number of hydrogen-bond donors (Lipinski definition) is 3. The molecule has 33 heavy (non-hydrogen) atoms. The van der Waals surface area contributed by atoms with Crippen LogP contribution in [-0.2, 0) is 4.74 Å². The number of benzene rings is 2. The van der Waals surface area contributed by atoms with Crippen molar-refractivity contribution in [1.82, 2.24) is 9.97 Å². The van der Waals surface area contributed by atoms with Gasteiger partial charge in [-0.25, -0.2) is 15.2 Å². The Bertz CT molecular complexity index is 1290. The minimum absolute atomic E-state index is 0.0628. The molecular formula is C23H21BrN6O3. The van der Waals surface area contributed by atoms with Crippen LogP contribution in [0.3, 0.4) is 0 Å². The predicted octanol–water partition coefficient (Wildman–Crippen LogP) is 4.86. The summed E-state index contributed by atoms with van der Waals surface area (Å²) in [5.41, 5.74) is 3.27. The van der Waals surface area contributed by atoms with E-state index >= 15 is 0 Å². The first-order valence-corrected chi connectivity index (χ1v) is 10.6. The lowest BCUT2D eigenvalue weighted by atomic mass is 10.1. The van der Waals surface area contributed by atoms with Crippen LogP contribution in [0.1, 0.15) is 31.9 Å². The Hall–Kier alpha value is -3.97.